The fourth-order valence-electron chi connectivity index (χ4n) is 2.10. The van der Waals surface area contributed by atoms with Crippen LogP contribution in [0.1, 0.15) is 39.0 Å². The van der Waals surface area contributed by atoms with Gasteiger partial charge in [-0.15, -0.1) is 0 Å². The Hall–Kier alpha value is -1.58. The third-order valence-corrected chi connectivity index (χ3v) is 3.18. The molecule has 0 amide bonds. The Morgan fingerprint density at radius 2 is 1.74 bits per heavy atom. The lowest BCUT2D eigenvalue weighted by Crippen LogP contribution is -2.15. The van der Waals surface area contributed by atoms with Gasteiger partial charge in [-0.1, -0.05) is 32.6 Å². The van der Waals surface area contributed by atoms with Gasteiger partial charge in [0.15, 0.2) is 11.5 Å². The van der Waals surface area contributed by atoms with Gasteiger partial charge in [-0.25, -0.2) is 0 Å². The summed E-state index contributed by atoms with van der Waals surface area (Å²) in [6.07, 6.45) is 6.10. The Morgan fingerprint density at radius 3 is 2.47 bits per heavy atom. The molecular weight excluding hydrogens is 242 g/mol. The molecule has 2 N–H and O–H groups in total. The first-order chi connectivity index (χ1) is 9.31. The zero-order chi connectivity index (χ0) is 13.5. The Morgan fingerprint density at radius 1 is 1.05 bits per heavy atom. The molecule has 1 aromatic rings. The smallest absolute Gasteiger partial charge is 0.165 e. The van der Waals surface area contributed by atoms with Crippen LogP contribution in [0.4, 0.5) is 5.69 Å². The van der Waals surface area contributed by atoms with Crippen LogP contribution in [0.15, 0.2) is 12.1 Å². The first-order valence-electron chi connectivity index (χ1n) is 7.13. The molecule has 2 rings (SSSR count). The molecule has 0 atom stereocenters. The van der Waals surface area contributed by atoms with E-state index in [1.807, 2.05) is 6.07 Å². The fourth-order valence-corrected chi connectivity index (χ4v) is 2.10. The van der Waals surface area contributed by atoms with Crippen LogP contribution in [0, 0.1) is 0 Å². The van der Waals surface area contributed by atoms with Crippen molar-refractivity contribution >= 4 is 5.69 Å². The average Bonchev–Trinajstić information content (AvgIpc) is 2.43. The predicted octanol–water partition coefficient (Wildman–Crippen LogP) is 3.39. The van der Waals surface area contributed by atoms with Crippen molar-refractivity contribution in [3.05, 3.63) is 12.1 Å². The lowest BCUT2D eigenvalue weighted by atomic mass is 10.2. The summed E-state index contributed by atoms with van der Waals surface area (Å²) in [7, 11) is 0. The van der Waals surface area contributed by atoms with Gasteiger partial charge in [0.05, 0.1) is 12.3 Å². The van der Waals surface area contributed by atoms with E-state index in [-0.39, 0.29) is 0 Å². The van der Waals surface area contributed by atoms with Crippen LogP contribution in [-0.2, 0) is 0 Å². The maximum absolute atomic E-state index is 5.95. The summed E-state index contributed by atoms with van der Waals surface area (Å²) in [6, 6.07) is 3.61. The molecule has 0 aliphatic carbocycles. The van der Waals surface area contributed by atoms with Crippen molar-refractivity contribution in [2.45, 2.75) is 39.0 Å². The lowest BCUT2D eigenvalue weighted by molar-refractivity contribution is 0.170. The minimum atomic E-state index is 0.573. The fraction of sp³-hybridized carbons (Fsp3) is 0.600. The van der Waals surface area contributed by atoms with Crippen molar-refractivity contribution in [2.24, 2.45) is 0 Å². The van der Waals surface area contributed by atoms with Crippen LogP contribution in [0.2, 0.25) is 0 Å². The summed E-state index contributed by atoms with van der Waals surface area (Å²) >= 11 is 0. The highest BCUT2D eigenvalue weighted by molar-refractivity contribution is 5.62. The number of ether oxygens (including phenoxy) is 3. The summed E-state index contributed by atoms with van der Waals surface area (Å²) in [5.74, 6) is 2.13. The van der Waals surface area contributed by atoms with Gasteiger partial charge in [0.2, 0.25) is 0 Å². The number of nitrogens with two attached hydrogens (primary N) is 1. The molecule has 19 heavy (non-hydrogen) atoms. The van der Waals surface area contributed by atoms with Gasteiger partial charge < -0.3 is 19.9 Å². The normalized spacial score (nSPS) is 13.3. The van der Waals surface area contributed by atoms with Crippen molar-refractivity contribution in [2.75, 3.05) is 25.6 Å². The molecule has 0 aromatic heterocycles. The molecular formula is C15H23NO3. The van der Waals surface area contributed by atoms with Crippen LogP contribution in [-0.4, -0.2) is 19.8 Å². The highest BCUT2D eigenvalue weighted by Gasteiger charge is 2.15. The van der Waals surface area contributed by atoms with E-state index < -0.39 is 0 Å². The van der Waals surface area contributed by atoms with Crippen LogP contribution in [0.5, 0.6) is 17.2 Å². The second-order valence-electron chi connectivity index (χ2n) is 4.80. The molecule has 0 saturated heterocycles. The van der Waals surface area contributed by atoms with Crippen molar-refractivity contribution in [3.8, 4) is 17.2 Å². The zero-order valence-corrected chi connectivity index (χ0v) is 11.6. The number of nitrogen functional groups attached to an aromatic ring is 1. The molecule has 4 heteroatoms. The molecule has 0 bridgehead atoms. The number of unbranched alkanes of at least 4 members (excludes halogenated alkanes) is 4. The number of rotatable bonds is 7. The van der Waals surface area contributed by atoms with E-state index in [0.717, 1.165) is 12.2 Å². The Bertz CT molecular complexity index is 407. The molecule has 106 valence electrons. The molecule has 0 unspecified atom stereocenters. The topological polar surface area (TPSA) is 53.7 Å². The molecule has 0 fully saturated rings. The maximum atomic E-state index is 5.95. The van der Waals surface area contributed by atoms with E-state index in [0.29, 0.717) is 37.0 Å². The minimum Gasteiger partial charge on any atom is -0.491 e. The van der Waals surface area contributed by atoms with Gasteiger partial charge in [0.1, 0.15) is 19.0 Å². The highest BCUT2D eigenvalue weighted by atomic mass is 16.6. The number of anilines is 1. The number of hydrogen-bond donors (Lipinski definition) is 1. The molecule has 1 heterocycles. The molecule has 4 nitrogen and oxygen atoms in total. The van der Waals surface area contributed by atoms with E-state index in [2.05, 4.69) is 6.92 Å². The van der Waals surface area contributed by atoms with Gasteiger partial charge in [-0.05, 0) is 6.42 Å². The second kappa shape index (κ2) is 7.12. The van der Waals surface area contributed by atoms with Crippen molar-refractivity contribution in [3.63, 3.8) is 0 Å². The van der Waals surface area contributed by atoms with Crippen molar-refractivity contribution in [1.82, 2.24) is 0 Å². The van der Waals surface area contributed by atoms with E-state index in [9.17, 15) is 0 Å². The van der Waals surface area contributed by atoms with E-state index in [1.165, 1.54) is 25.7 Å². The quantitative estimate of drug-likeness (QED) is 0.606. The van der Waals surface area contributed by atoms with Crippen LogP contribution in [0.25, 0.3) is 0 Å². The first-order valence-corrected chi connectivity index (χ1v) is 7.13. The molecule has 0 saturated carbocycles. The lowest BCUT2D eigenvalue weighted by Gasteiger charge is -2.20. The van der Waals surface area contributed by atoms with E-state index in [1.54, 1.807) is 6.07 Å². The van der Waals surface area contributed by atoms with E-state index in [4.69, 9.17) is 19.9 Å². The Balaban J connectivity index is 1.83. The summed E-state index contributed by atoms with van der Waals surface area (Å²) in [6.45, 7) is 4.07. The average molecular weight is 265 g/mol. The Kier molecular flexibility index (Phi) is 5.19. The van der Waals surface area contributed by atoms with E-state index >= 15 is 0 Å². The number of benzene rings is 1. The number of fused-ring (bicyclic) bond motifs is 1. The van der Waals surface area contributed by atoms with Crippen LogP contribution >= 0.6 is 0 Å². The summed E-state index contributed by atoms with van der Waals surface area (Å²) in [5, 5.41) is 0. The van der Waals surface area contributed by atoms with Crippen LogP contribution in [0.3, 0.4) is 0 Å². The van der Waals surface area contributed by atoms with Crippen molar-refractivity contribution in [1.29, 1.82) is 0 Å². The standard InChI is InChI=1S/C15H23NO3/c1-2-3-4-5-6-7-17-13-11-15-14(10-12(13)16)18-8-9-19-15/h10-11H,2-9,16H2,1H3. The monoisotopic (exact) mass is 265 g/mol. The minimum absolute atomic E-state index is 0.573. The molecule has 0 spiro atoms. The van der Waals surface area contributed by atoms with Gasteiger partial charge in [-0.3, -0.25) is 0 Å². The summed E-state index contributed by atoms with van der Waals surface area (Å²) < 4.78 is 16.7. The second-order valence-corrected chi connectivity index (χ2v) is 4.80. The number of hydrogen-bond acceptors (Lipinski definition) is 4. The first kappa shape index (κ1) is 13.8. The summed E-state index contributed by atoms with van der Waals surface area (Å²) in [4.78, 5) is 0. The highest BCUT2D eigenvalue weighted by Crippen LogP contribution is 2.38. The molecule has 0 radical (unpaired) electrons. The largest absolute Gasteiger partial charge is 0.491 e. The molecule has 1 aliphatic heterocycles. The SMILES string of the molecule is CCCCCCCOc1cc2c(cc1N)OCCO2. The van der Waals surface area contributed by atoms with Gasteiger partial charge in [-0.2, -0.15) is 0 Å². The Labute approximate surface area is 114 Å². The molecule has 1 aliphatic rings. The van der Waals surface area contributed by atoms with Crippen molar-refractivity contribution < 1.29 is 14.2 Å². The van der Waals surface area contributed by atoms with Gasteiger partial charge >= 0.3 is 0 Å². The summed E-state index contributed by atoms with van der Waals surface area (Å²) in [5.41, 5.74) is 6.56. The molecule has 1 aromatic carbocycles. The third kappa shape index (κ3) is 3.94. The zero-order valence-electron chi connectivity index (χ0n) is 11.6. The maximum Gasteiger partial charge on any atom is 0.165 e. The van der Waals surface area contributed by atoms with Gasteiger partial charge in [0.25, 0.3) is 0 Å². The van der Waals surface area contributed by atoms with Crippen LogP contribution < -0.4 is 19.9 Å². The predicted molar refractivity (Wildman–Crippen MR) is 76.1 cm³/mol. The van der Waals surface area contributed by atoms with Gasteiger partial charge in [0, 0.05) is 12.1 Å². The third-order valence-electron chi connectivity index (χ3n) is 3.18.